The Morgan fingerprint density at radius 3 is 1.48 bits per heavy atom. The zero-order chi connectivity index (χ0) is 20.4. The van der Waals surface area contributed by atoms with Crippen LogP contribution in [0.5, 0.6) is 0 Å². The van der Waals surface area contributed by atoms with Gasteiger partial charge in [0.25, 0.3) is 0 Å². The molecule has 2 amide bonds. The first kappa shape index (κ1) is 26.1. The third-order valence-electron chi connectivity index (χ3n) is 3.73. The van der Waals surface area contributed by atoms with Crippen molar-refractivity contribution in [3.63, 3.8) is 0 Å². The molecule has 0 heterocycles. The van der Waals surface area contributed by atoms with Crippen LogP contribution < -0.4 is 10.6 Å². The number of aliphatic hydroxyl groups is 2. The molecule has 0 fully saturated rings. The van der Waals surface area contributed by atoms with Gasteiger partial charge in [-0.1, -0.05) is 62.3 Å². The van der Waals surface area contributed by atoms with Crippen LogP contribution >= 0.6 is 0 Å². The Labute approximate surface area is 153 Å². The third-order valence-corrected chi connectivity index (χ3v) is 3.73. The summed E-state index contributed by atoms with van der Waals surface area (Å²) in [6.45, 7) is 17.0. The quantitative estimate of drug-likeness (QED) is 0.583. The van der Waals surface area contributed by atoms with Crippen molar-refractivity contribution in [1.29, 1.82) is 0 Å². The lowest BCUT2D eigenvalue weighted by Gasteiger charge is -2.25. The smallest absolute Gasteiger partial charge is 0.225 e. The molecule has 0 aromatic rings. The molecule has 0 aliphatic rings. The Kier molecular flexibility index (Phi) is 12.0. The number of carbonyl (C=O) groups excluding carboxylic acids is 2. The normalized spacial score (nSPS) is 14.2. The lowest BCUT2D eigenvalue weighted by molar-refractivity contribution is -0.130. The number of rotatable bonds is 6. The molecule has 6 nitrogen and oxygen atoms in total. The highest BCUT2D eigenvalue weighted by atomic mass is 16.3. The number of amides is 2. The highest BCUT2D eigenvalue weighted by molar-refractivity contribution is 5.82. The van der Waals surface area contributed by atoms with Gasteiger partial charge >= 0.3 is 0 Å². The predicted molar refractivity (Wildman–Crippen MR) is 102 cm³/mol. The van der Waals surface area contributed by atoms with Gasteiger partial charge in [-0.2, -0.15) is 0 Å². The molecule has 0 aromatic carbocycles. The molecule has 0 saturated heterocycles. The fourth-order valence-electron chi connectivity index (χ4n) is 1.49. The molecule has 6 heteroatoms. The predicted octanol–water partition coefficient (Wildman–Crippen LogP) is 2.09. The van der Waals surface area contributed by atoms with Gasteiger partial charge in [-0.3, -0.25) is 9.59 Å². The molecule has 2 unspecified atom stereocenters. The molecular formula is C19H40N2O4. The Morgan fingerprint density at radius 2 is 1.24 bits per heavy atom. The minimum absolute atomic E-state index is 0.000509. The van der Waals surface area contributed by atoms with Gasteiger partial charge in [0.2, 0.25) is 11.8 Å². The van der Waals surface area contributed by atoms with Gasteiger partial charge in [-0.05, 0) is 12.3 Å². The molecule has 2 atom stereocenters. The second-order valence-electron chi connectivity index (χ2n) is 8.77. The largest absolute Gasteiger partial charge is 0.394 e. The van der Waals surface area contributed by atoms with E-state index >= 15 is 0 Å². The van der Waals surface area contributed by atoms with Gasteiger partial charge in [0, 0.05) is 10.8 Å². The van der Waals surface area contributed by atoms with Gasteiger partial charge in [0.05, 0.1) is 25.3 Å². The zero-order valence-corrected chi connectivity index (χ0v) is 17.6. The summed E-state index contributed by atoms with van der Waals surface area (Å²) in [4.78, 5) is 22.9. The summed E-state index contributed by atoms with van der Waals surface area (Å²) in [6.07, 6.45) is 0.762. The van der Waals surface area contributed by atoms with E-state index in [0.717, 1.165) is 6.42 Å². The first-order valence-corrected chi connectivity index (χ1v) is 9.04. The van der Waals surface area contributed by atoms with Crippen LogP contribution in [-0.4, -0.2) is 47.3 Å². The Bertz CT molecular complexity index is 391. The monoisotopic (exact) mass is 360 g/mol. The molecule has 0 rings (SSSR count). The molecule has 25 heavy (non-hydrogen) atoms. The first-order valence-electron chi connectivity index (χ1n) is 9.04. The third kappa shape index (κ3) is 11.9. The van der Waals surface area contributed by atoms with E-state index in [1.165, 1.54) is 0 Å². The van der Waals surface area contributed by atoms with Gasteiger partial charge in [0.1, 0.15) is 0 Å². The summed E-state index contributed by atoms with van der Waals surface area (Å²) in [5.41, 5.74) is -0.759. The average molecular weight is 361 g/mol. The molecular weight excluding hydrogens is 320 g/mol. The highest BCUT2D eigenvalue weighted by Gasteiger charge is 2.25. The number of carbonyl (C=O) groups is 2. The summed E-state index contributed by atoms with van der Waals surface area (Å²) < 4.78 is 0. The van der Waals surface area contributed by atoms with E-state index in [1.807, 2.05) is 62.3 Å². The SMILES string of the molecule is CC(C)C(CO)NC(=O)C(C)(C)C.CCC(CO)NC(=O)C(C)(C)C. The van der Waals surface area contributed by atoms with Crippen LogP contribution in [0.4, 0.5) is 0 Å². The molecule has 0 aliphatic carbocycles. The van der Waals surface area contributed by atoms with Crippen molar-refractivity contribution in [1.82, 2.24) is 10.6 Å². The van der Waals surface area contributed by atoms with Crippen LogP contribution in [-0.2, 0) is 9.59 Å². The van der Waals surface area contributed by atoms with Crippen molar-refractivity contribution >= 4 is 11.8 Å². The van der Waals surface area contributed by atoms with Crippen LogP contribution in [0.1, 0.15) is 68.7 Å². The standard InChI is InChI=1S/C10H21NO2.C9H19NO2/c1-7(2)8(6-12)11-9(13)10(3,4)5;1-5-7(6-11)10-8(12)9(2,3)4/h7-8,12H,6H2,1-5H3,(H,11,13);7,11H,5-6H2,1-4H3,(H,10,12). The molecule has 0 spiro atoms. The number of hydrogen-bond acceptors (Lipinski definition) is 4. The maximum atomic E-state index is 11.5. The molecule has 0 saturated carbocycles. The Balaban J connectivity index is 0. The topological polar surface area (TPSA) is 98.7 Å². The first-order chi connectivity index (χ1) is 11.2. The molecule has 0 aromatic heterocycles. The highest BCUT2D eigenvalue weighted by Crippen LogP contribution is 2.14. The van der Waals surface area contributed by atoms with Crippen molar-refractivity contribution in [3.8, 4) is 0 Å². The second-order valence-corrected chi connectivity index (χ2v) is 8.77. The molecule has 0 bridgehead atoms. The van der Waals surface area contributed by atoms with Gasteiger partial charge in [0.15, 0.2) is 0 Å². The van der Waals surface area contributed by atoms with Crippen molar-refractivity contribution in [2.75, 3.05) is 13.2 Å². The van der Waals surface area contributed by atoms with Crippen molar-refractivity contribution in [3.05, 3.63) is 0 Å². The maximum absolute atomic E-state index is 11.5. The van der Waals surface area contributed by atoms with E-state index in [9.17, 15) is 9.59 Å². The summed E-state index contributed by atoms with van der Waals surface area (Å²) in [5, 5.41) is 23.4. The van der Waals surface area contributed by atoms with E-state index in [1.54, 1.807) is 0 Å². The summed E-state index contributed by atoms with van der Waals surface area (Å²) in [6, 6.07) is -0.233. The summed E-state index contributed by atoms with van der Waals surface area (Å²) in [5.74, 6) is 0.236. The zero-order valence-electron chi connectivity index (χ0n) is 17.6. The Hall–Kier alpha value is -1.14. The van der Waals surface area contributed by atoms with Crippen LogP contribution in [0, 0.1) is 16.7 Å². The lowest BCUT2D eigenvalue weighted by Crippen LogP contribution is -2.46. The van der Waals surface area contributed by atoms with Gasteiger partial charge in [-0.15, -0.1) is 0 Å². The van der Waals surface area contributed by atoms with Crippen molar-refractivity contribution < 1.29 is 19.8 Å². The van der Waals surface area contributed by atoms with Crippen LogP contribution in [0.15, 0.2) is 0 Å². The number of hydrogen-bond donors (Lipinski definition) is 4. The molecule has 0 aliphatic heterocycles. The fraction of sp³-hybridized carbons (Fsp3) is 0.895. The summed E-state index contributed by atoms with van der Waals surface area (Å²) in [7, 11) is 0. The minimum atomic E-state index is -0.387. The maximum Gasteiger partial charge on any atom is 0.225 e. The van der Waals surface area contributed by atoms with Gasteiger partial charge in [-0.25, -0.2) is 0 Å². The van der Waals surface area contributed by atoms with Crippen LogP contribution in [0.2, 0.25) is 0 Å². The average Bonchev–Trinajstić information content (AvgIpc) is 2.47. The van der Waals surface area contributed by atoms with E-state index < -0.39 is 0 Å². The molecule has 0 radical (unpaired) electrons. The minimum Gasteiger partial charge on any atom is -0.394 e. The second kappa shape index (κ2) is 11.5. The van der Waals surface area contributed by atoms with Crippen molar-refractivity contribution in [2.24, 2.45) is 16.7 Å². The van der Waals surface area contributed by atoms with E-state index in [2.05, 4.69) is 10.6 Å². The van der Waals surface area contributed by atoms with Gasteiger partial charge < -0.3 is 20.8 Å². The molecule has 150 valence electrons. The van der Waals surface area contributed by atoms with E-state index in [0.29, 0.717) is 0 Å². The van der Waals surface area contributed by atoms with E-state index in [4.69, 9.17) is 10.2 Å². The van der Waals surface area contributed by atoms with Crippen molar-refractivity contribution in [2.45, 2.75) is 80.8 Å². The summed E-state index contributed by atoms with van der Waals surface area (Å²) >= 11 is 0. The number of nitrogens with one attached hydrogen (secondary N) is 2. The lowest BCUT2D eigenvalue weighted by atomic mass is 9.94. The number of aliphatic hydroxyl groups excluding tert-OH is 2. The van der Waals surface area contributed by atoms with Crippen LogP contribution in [0.25, 0.3) is 0 Å². The fourth-order valence-corrected chi connectivity index (χ4v) is 1.49. The molecule has 4 N–H and O–H groups in total. The van der Waals surface area contributed by atoms with E-state index in [-0.39, 0.29) is 53.9 Å². The Morgan fingerprint density at radius 1 is 0.840 bits per heavy atom. The van der Waals surface area contributed by atoms with Crippen LogP contribution in [0.3, 0.4) is 0 Å².